The number of carbonyl (C=O) groups excluding carboxylic acids is 3. The van der Waals surface area contributed by atoms with Gasteiger partial charge >= 0.3 is 5.97 Å². The van der Waals surface area contributed by atoms with Gasteiger partial charge in [0.15, 0.2) is 0 Å². The molecule has 3 N–H and O–H groups in total. The number of rotatable bonds is 13. The number of pyridine rings is 1. The first-order valence-corrected chi connectivity index (χ1v) is 12.1. The fourth-order valence-electron chi connectivity index (χ4n) is 3.69. The average Bonchev–Trinajstić information content (AvgIpc) is 2.92. The first-order chi connectivity index (χ1) is 17.9. The molecule has 1 atom stereocenters. The molecule has 0 aliphatic carbocycles. The minimum absolute atomic E-state index is 0.0771. The number of nitrogens with zero attached hydrogens (tertiary/aromatic N) is 1. The van der Waals surface area contributed by atoms with Crippen molar-refractivity contribution < 1.29 is 23.5 Å². The minimum atomic E-state index is -0.657. The molecule has 1 heterocycles. The van der Waals surface area contributed by atoms with Crippen LogP contribution in [0, 0.1) is 5.82 Å². The third-order valence-electron chi connectivity index (χ3n) is 5.65. The quantitative estimate of drug-likeness (QED) is 0.239. The molecule has 1 aromatic heterocycles. The van der Waals surface area contributed by atoms with E-state index in [1.54, 1.807) is 30.5 Å². The van der Waals surface area contributed by atoms with Crippen molar-refractivity contribution in [2.75, 3.05) is 25.5 Å². The summed E-state index contributed by atoms with van der Waals surface area (Å²) in [7, 11) is 1.28. The number of ether oxygens (including phenoxy) is 1. The number of aromatic nitrogens is 1. The van der Waals surface area contributed by atoms with Crippen LogP contribution in [0.1, 0.15) is 37.3 Å². The Morgan fingerprint density at radius 2 is 1.76 bits per heavy atom. The summed E-state index contributed by atoms with van der Waals surface area (Å²) in [4.78, 5) is 40.9. The zero-order chi connectivity index (χ0) is 26.5. The third kappa shape index (κ3) is 9.36. The maximum atomic E-state index is 13.3. The minimum Gasteiger partial charge on any atom is -0.469 e. The molecule has 3 rings (SSSR count). The van der Waals surface area contributed by atoms with Crippen molar-refractivity contribution in [3.05, 3.63) is 84.3 Å². The van der Waals surface area contributed by atoms with Crippen molar-refractivity contribution in [2.45, 2.75) is 31.7 Å². The van der Waals surface area contributed by atoms with Crippen LogP contribution in [-0.2, 0) is 19.1 Å². The zero-order valence-corrected chi connectivity index (χ0v) is 20.7. The van der Waals surface area contributed by atoms with Gasteiger partial charge in [-0.15, -0.1) is 0 Å². The van der Waals surface area contributed by atoms with E-state index in [0.717, 1.165) is 23.4 Å². The maximum absolute atomic E-state index is 13.3. The molecule has 3 aromatic rings. The summed E-state index contributed by atoms with van der Waals surface area (Å²) in [5.74, 6) is -0.685. The highest BCUT2D eigenvalue weighted by molar-refractivity contribution is 5.85. The molecule has 0 radical (unpaired) electrons. The summed E-state index contributed by atoms with van der Waals surface area (Å²) >= 11 is 0. The lowest BCUT2D eigenvalue weighted by Crippen LogP contribution is -2.39. The van der Waals surface area contributed by atoms with Crippen molar-refractivity contribution >= 4 is 23.6 Å². The second-order valence-electron chi connectivity index (χ2n) is 8.41. The first kappa shape index (κ1) is 27.3. The van der Waals surface area contributed by atoms with Crippen molar-refractivity contribution in [3.63, 3.8) is 0 Å². The van der Waals surface area contributed by atoms with Crippen LogP contribution in [0.2, 0.25) is 0 Å². The predicted molar refractivity (Wildman–Crippen MR) is 139 cm³/mol. The van der Waals surface area contributed by atoms with Crippen LogP contribution >= 0.6 is 0 Å². The molecule has 1 unspecified atom stereocenters. The van der Waals surface area contributed by atoms with E-state index in [9.17, 15) is 18.8 Å². The van der Waals surface area contributed by atoms with Crippen molar-refractivity contribution in [2.24, 2.45) is 0 Å². The predicted octanol–water partition coefficient (Wildman–Crippen LogP) is 4.01. The molecule has 0 aliphatic heterocycles. The number of hydrogen-bond donors (Lipinski definition) is 3. The molecule has 0 bridgehead atoms. The van der Waals surface area contributed by atoms with E-state index in [-0.39, 0.29) is 24.7 Å². The van der Waals surface area contributed by atoms with E-state index >= 15 is 0 Å². The van der Waals surface area contributed by atoms with Gasteiger partial charge in [0.05, 0.1) is 26.1 Å². The smallest absolute Gasteiger partial charge is 0.307 e. The SMILES string of the molecule is COC(=O)CC(NC(=O)CNC(=O)CCCCNc1ccccn1)c1cccc(-c2ccc(F)cc2)c1. The molecule has 2 aromatic carbocycles. The summed E-state index contributed by atoms with van der Waals surface area (Å²) in [5, 5.41) is 8.61. The Morgan fingerprint density at radius 3 is 2.49 bits per heavy atom. The molecular weight excluding hydrogens is 475 g/mol. The lowest BCUT2D eigenvalue weighted by Gasteiger charge is -2.19. The molecule has 8 nitrogen and oxygen atoms in total. The van der Waals surface area contributed by atoms with E-state index in [0.29, 0.717) is 24.9 Å². The molecule has 0 saturated heterocycles. The maximum Gasteiger partial charge on any atom is 0.307 e. The van der Waals surface area contributed by atoms with Gasteiger partial charge in [0.1, 0.15) is 11.6 Å². The lowest BCUT2D eigenvalue weighted by atomic mass is 9.97. The average molecular weight is 507 g/mol. The number of esters is 1. The van der Waals surface area contributed by atoms with Gasteiger partial charge in [0.2, 0.25) is 11.8 Å². The Kier molecular flexibility index (Phi) is 10.6. The van der Waals surface area contributed by atoms with Gasteiger partial charge in [-0.05, 0) is 59.9 Å². The molecule has 37 heavy (non-hydrogen) atoms. The van der Waals surface area contributed by atoms with Crippen LogP contribution in [-0.4, -0.2) is 43.0 Å². The van der Waals surface area contributed by atoms with Gasteiger partial charge < -0.3 is 20.7 Å². The number of benzene rings is 2. The summed E-state index contributed by atoms with van der Waals surface area (Å²) in [6.45, 7) is 0.483. The fourth-order valence-corrected chi connectivity index (χ4v) is 3.69. The van der Waals surface area contributed by atoms with Crippen LogP contribution in [0.15, 0.2) is 72.9 Å². The van der Waals surface area contributed by atoms with Gasteiger partial charge in [0, 0.05) is 19.2 Å². The molecular formula is C28H31FN4O4. The largest absolute Gasteiger partial charge is 0.469 e. The highest BCUT2D eigenvalue weighted by atomic mass is 19.1. The number of amides is 2. The second-order valence-corrected chi connectivity index (χ2v) is 8.41. The van der Waals surface area contributed by atoms with Crippen LogP contribution in [0.25, 0.3) is 11.1 Å². The Hall–Kier alpha value is -4.27. The van der Waals surface area contributed by atoms with Crippen LogP contribution < -0.4 is 16.0 Å². The van der Waals surface area contributed by atoms with Gasteiger partial charge in [-0.25, -0.2) is 9.37 Å². The fraction of sp³-hybridized carbons (Fsp3) is 0.286. The molecule has 0 fully saturated rings. The Labute approximate surface area is 215 Å². The Morgan fingerprint density at radius 1 is 0.946 bits per heavy atom. The van der Waals surface area contributed by atoms with Crippen molar-refractivity contribution in [1.82, 2.24) is 15.6 Å². The topological polar surface area (TPSA) is 109 Å². The highest BCUT2D eigenvalue weighted by Gasteiger charge is 2.20. The first-order valence-electron chi connectivity index (χ1n) is 12.1. The summed E-state index contributed by atoms with van der Waals surface area (Å²) in [6, 6.07) is 18.3. The van der Waals surface area contributed by atoms with Gasteiger partial charge in [-0.2, -0.15) is 0 Å². The summed E-state index contributed by atoms with van der Waals surface area (Å²) in [5.41, 5.74) is 2.30. The van der Waals surface area contributed by atoms with Crippen LogP contribution in [0.5, 0.6) is 0 Å². The molecule has 194 valence electrons. The monoisotopic (exact) mass is 506 g/mol. The molecule has 0 spiro atoms. The number of anilines is 1. The number of unbranched alkanes of at least 4 members (excludes halogenated alkanes) is 1. The van der Waals surface area contributed by atoms with Gasteiger partial charge in [-0.3, -0.25) is 14.4 Å². The Balaban J connectivity index is 1.49. The lowest BCUT2D eigenvalue weighted by molar-refractivity contribution is -0.141. The van der Waals surface area contributed by atoms with E-state index in [4.69, 9.17) is 4.74 Å². The second kappa shape index (κ2) is 14.3. The Bertz CT molecular complexity index is 1170. The number of hydrogen-bond acceptors (Lipinski definition) is 6. The third-order valence-corrected chi connectivity index (χ3v) is 5.65. The van der Waals surface area contributed by atoms with Crippen LogP contribution in [0.4, 0.5) is 10.2 Å². The summed E-state index contributed by atoms with van der Waals surface area (Å²) in [6.07, 6.45) is 3.36. The summed E-state index contributed by atoms with van der Waals surface area (Å²) < 4.78 is 18.1. The van der Waals surface area contributed by atoms with Gasteiger partial charge in [-0.1, -0.05) is 36.4 Å². The van der Waals surface area contributed by atoms with E-state index in [1.807, 2.05) is 30.3 Å². The van der Waals surface area contributed by atoms with E-state index in [1.165, 1.54) is 19.2 Å². The van der Waals surface area contributed by atoms with Crippen molar-refractivity contribution in [3.8, 4) is 11.1 Å². The zero-order valence-electron chi connectivity index (χ0n) is 20.7. The highest BCUT2D eigenvalue weighted by Crippen LogP contribution is 2.25. The molecule has 0 aliphatic rings. The van der Waals surface area contributed by atoms with Gasteiger partial charge in [0.25, 0.3) is 0 Å². The van der Waals surface area contributed by atoms with Crippen molar-refractivity contribution in [1.29, 1.82) is 0 Å². The van der Waals surface area contributed by atoms with E-state index < -0.39 is 17.9 Å². The van der Waals surface area contributed by atoms with E-state index in [2.05, 4.69) is 20.9 Å². The number of carbonyl (C=O) groups is 3. The molecule has 2 amide bonds. The normalized spacial score (nSPS) is 11.3. The molecule has 9 heteroatoms. The molecule has 0 saturated carbocycles. The number of halogens is 1. The standard InChI is InChI=1S/C28H31FN4O4/c1-37-28(36)18-24(22-8-6-7-21(17-22)20-11-13-23(29)14-12-20)33-27(35)19-32-26(34)10-3-5-16-31-25-9-2-4-15-30-25/h2,4,6-9,11-15,17,24H,3,5,10,16,18-19H2,1H3,(H,30,31)(H,32,34)(H,33,35). The van der Waals surface area contributed by atoms with Crippen LogP contribution in [0.3, 0.4) is 0 Å². The number of nitrogens with one attached hydrogen (secondary N) is 3. The number of methoxy groups -OCH3 is 1.